The van der Waals surface area contributed by atoms with Gasteiger partial charge in [-0.1, -0.05) is 66.0 Å². The number of hydrogen-bond acceptors (Lipinski definition) is 6. The van der Waals surface area contributed by atoms with Crippen LogP contribution < -0.4 is 19.8 Å². The van der Waals surface area contributed by atoms with Gasteiger partial charge in [-0.25, -0.2) is 9.79 Å². The monoisotopic (exact) mass is 459 g/mol. The first-order valence-electron chi connectivity index (χ1n) is 10.5. The number of benzene rings is 2. The lowest BCUT2D eigenvalue weighted by Gasteiger charge is -2.21. The highest BCUT2D eigenvalue weighted by molar-refractivity contribution is 7.07. The molecule has 0 fully saturated rings. The normalized spacial score (nSPS) is 16.0. The van der Waals surface area contributed by atoms with Gasteiger partial charge in [-0.3, -0.25) is 9.36 Å². The molecule has 0 aliphatic carbocycles. The van der Waals surface area contributed by atoms with Gasteiger partial charge in [-0.05, 0) is 36.3 Å². The van der Waals surface area contributed by atoms with E-state index in [0.717, 1.165) is 16.8 Å². The standard InChI is InChI=1S/C26H25N3O3S/c1-17-23(25(31)32-4)21(15-12-18-8-6-5-7-9-18)29-24(30)22(33-26(29)27-17)16-19-10-13-20(14-11-19)28(2)3/h5-16,21H,1-4H3/b15-12+,22-16-. The van der Waals surface area contributed by atoms with Crippen LogP contribution in [0.3, 0.4) is 0 Å². The summed E-state index contributed by atoms with van der Waals surface area (Å²) < 4.78 is 7.15. The van der Waals surface area contributed by atoms with E-state index in [0.29, 0.717) is 20.6 Å². The van der Waals surface area contributed by atoms with Crippen LogP contribution in [0, 0.1) is 0 Å². The zero-order chi connectivity index (χ0) is 23.5. The predicted octanol–water partition coefficient (Wildman–Crippen LogP) is 3.14. The fourth-order valence-electron chi connectivity index (χ4n) is 3.70. The Balaban J connectivity index is 1.84. The number of carbonyl (C=O) groups excluding carboxylic acids is 1. The molecule has 4 rings (SSSR count). The average molecular weight is 460 g/mol. The smallest absolute Gasteiger partial charge is 0.338 e. The minimum absolute atomic E-state index is 0.188. The van der Waals surface area contributed by atoms with Crippen LogP contribution in [0.2, 0.25) is 0 Å². The quantitative estimate of drug-likeness (QED) is 0.550. The van der Waals surface area contributed by atoms with E-state index in [-0.39, 0.29) is 5.56 Å². The molecule has 1 aromatic heterocycles. The first-order valence-corrected chi connectivity index (χ1v) is 11.3. The number of methoxy groups -OCH3 is 1. The minimum atomic E-state index is -0.604. The highest BCUT2D eigenvalue weighted by Crippen LogP contribution is 2.26. The Morgan fingerprint density at radius 3 is 2.42 bits per heavy atom. The van der Waals surface area contributed by atoms with E-state index in [9.17, 15) is 9.59 Å². The van der Waals surface area contributed by atoms with E-state index >= 15 is 0 Å². The number of esters is 1. The maximum absolute atomic E-state index is 13.4. The SMILES string of the molecule is COC(=O)C1=C(C)N=c2s/c(=C\c3ccc(N(C)C)cc3)c(=O)n2C1/C=C/c1ccccc1. The Hall–Kier alpha value is -3.71. The summed E-state index contributed by atoms with van der Waals surface area (Å²) in [7, 11) is 5.30. The zero-order valence-corrected chi connectivity index (χ0v) is 19.8. The summed E-state index contributed by atoms with van der Waals surface area (Å²) in [6.45, 7) is 1.77. The summed E-state index contributed by atoms with van der Waals surface area (Å²) in [5.74, 6) is -0.493. The maximum Gasteiger partial charge on any atom is 0.338 e. The van der Waals surface area contributed by atoms with E-state index in [2.05, 4.69) is 4.99 Å². The number of ether oxygens (including phenoxy) is 1. The van der Waals surface area contributed by atoms with E-state index in [4.69, 9.17) is 4.74 Å². The van der Waals surface area contributed by atoms with Crippen LogP contribution in [0.1, 0.15) is 24.1 Å². The Morgan fingerprint density at radius 1 is 1.09 bits per heavy atom. The van der Waals surface area contributed by atoms with Crippen molar-refractivity contribution in [3.63, 3.8) is 0 Å². The second-order valence-electron chi connectivity index (χ2n) is 7.87. The first kappa shape index (κ1) is 22.5. The van der Waals surface area contributed by atoms with Crippen molar-refractivity contribution in [1.29, 1.82) is 0 Å². The number of thiazole rings is 1. The van der Waals surface area contributed by atoms with Gasteiger partial charge in [0.2, 0.25) is 0 Å². The van der Waals surface area contributed by atoms with Crippen LogP contribution in [0.5, 0.6) is 0 Å². The Kier molecular flexibility index (Phi) is 6.42. The molecule has 7 heteroatoms. The van der Waals surface area contributed by atoms with Crippen molar-refractivity contribution in [2.24, 2.45) is 4.99 Å². The number of carbonyl (C=O) groups is 1. The van der Waals surface area contributed by atoms with Gasteiger partial charge in [-0.15, -0.1) is 0 Å². The average Bonchev–Trinajstić information content (AvgIpc) is 3.12. The summed E-state index contributed by atoms with van der Waals surface area (Å²) in [5, 5.41) is 0. The van der Waals surface area contributed by atoms with Crippen molar-refractivity contribution in [2.45, 2.75) is 13.0 Å². The third-order valence-corrected chi connectivity index (χ3v) is 6.43. The number of nitrogens with zero attached hydrogens (tertiary/aromatic N) is 3. The molecule has 3 aromatic rings. The summed E-state index contributed by atoms with van der Waals surface area (Å²) in [5.41, 5.74) is 3.70. The molecule has 1 unspecified atom stereocenters. The van der Waals surface area contributed by atoms with Gasteiger partial charge >= 0.3 is 5.97 Å². The van der Waals surface area contributed by atoms with Gasteiger partial charge in [-0.2, -0.15) is 0 Å². The van der Waals surface area contributed by atoms with Crippen molar-refractivity contribution in [1.82, 2.24) is 4.57 Å². The summed E-state index contributed by atoms with van der Waals surface area (Å²) >= 11 is 1.32. The maximum atomic E-state index is 13.4. The Morgan fingerprint density at radius 2 is 1.79 bits per heavy atom. The molecular weight excluding hydrogens is 434 g/mol. The number of hydrogen-bond donors (Lipinski definition) is 0. The highest BCUT2D eigenvalue weighted by Gasteiger charge is 2.30. The molecule has 2 heterocycles. The van der Waals surface area contributed by atoms with Gasteiger partial charge in [0, 0.05) is 19.8 Å². The molecule has 1 atom stereocenters. The van der Waals surface area contributed by atoms with Crippen LogP contribution in [-0.2, 0) is 9.53 Å². The molecule has 1 aliphatic heterocycles. The van der Waals surface area contributed by atoms with E-state index < -0.39 is 12.0 Å². The van der Waals surface area contributed by atoms with Gasteiger partial charge in [0.1, 0.15) is 0 Å². The van der Waals surface area contributed by atoms with Crippen LogP contribution in [0.25, 0.3) is 12.2 Å². The fraction of sp³-hybridized carbons (Fsp3) is 0.192. The summed E-state index contributed by atoms with van der Waals surface area (Å²) in [6, 6.07) is 17.1. The lowest BCUT2D eigenvalue weighted by Crippen LogP contribution is -2.38. The number of anilines is 1. The molecule has 1 aliphatic rings. The molecule has 0 amide bonds. The third-order valence-electron chi connectivity index (χ3n) is 5.45. The third kappa shape index (κ3) is 4.59. The van der Waals surface area contributed by atoms with Crippen molar-refractivity contribution in [3.8, 4) is 0 Å². The summed E-state index contributed by atoms with van der Waals surface area (Å²) in [4.78, 5) is 33.2. The molecule has 2 aromatic carbocycles. The van der Waals surface area contributed by atoms with Crippen molar-refractivity contribution >= 4 is 35.1 Å². The minimum Gasteiger partial charge on any atom is -0.466 e. The Bertz CT molecular complexity index is 1410. The van der Waals surface area contributed by atoms with Gasteiger partial charge in [0.05, 0.1) is 29.0 Å². The molecule has 6 nitrogen and oxygen atoms in total. The summed E-state index contributed by atoms with van der Waals surface area (Å²) in [6.07, 6.45) is 5.62. The lowest BCUT2D eigenvalue weighted by molar-refractivity contribution is -0.136. The number of allylic oxidation sites excluding steroid dienone is 2. The predicted molar refractivity (Wildman–Crippen MR) is 133 cm³/mol. The molecule has 0 radical (unpaired) electrons. The van der Waals surface area contributed by atoms with Crippen LogP contribution >= 0.6 is 11.3 Å². The number of fused-ring (bicyclic) bond motifs is 1. The van der Waals surface area contributed by atoms with E-state index in [1.54, 1.807) is 11.5 Å². The van der Waals surface area contributed by atoms with Crippen molar-refractivity contribution in [3.05, 3.63) is 103 Å². The molecule has 0 saturated carbocycles. The lowest BCUT2D eigenvalue weighted by atomic mass is 10.0. The number of aromatic nitrogens is 1. The molecule has 0 saturated heterocycles. The largest absolute Gasteiger partial charge is 0.466 e. The van der Waals surface area contributed by atoms with Crippen molar-refractivity contribution in [2.75, 3.05) is 26.1 Å². The van der Waals surface area contributed by atoms with Crippen LogP contribution in [0.15, 0.2) is 81.7 Å². The zero-order valence-electron chi connectivity index (χ0n) is 19.0. The van der Waals surface area contributed by atoms with E-state index in [1.807, 2.05) is 91.8 Å². The van der Waals surface area contributed by atoms with Gasteiger partial charge in [0.15, 0.2) is 4.80 Å². The van der Waals surface area contributed by atoms with Crippen LogP contribution in [0.4, 0.5) is 5.69 Å². The molecule has 0 bridgehead atoms. The number of rotatable bonds is 5. The molecule has 33 heavy (non-hydrogen) atoms. The van der Waals surface area contributed by atoms with Gasteiger partial charge < -0.3 is 9.64 Å². The van der Waals surface area contributed by atoms with Crippen LogP contribution in [-0.4, -0.2) is 31.7 Å². The topological polar surface area (TPSA) is 63.9 Å². The fourth-order valence-corrected chi connectivity index (χ4v) is 4.76. The van der Waals surface area contributed by atoms with Gasteiger partial charge in [0.25, 0.3) is 5.56 Å². The first-order chi connectivity index (χ1) is 15.9. The van der Waals surface area contributed by atoms with Crippen molar-refractivity contribution < 1.29 is 9.53 Å². The Labute approximate surface area is 196 Å². The molecule has 0 spiro atoms. The molecule has 168 valence electrons. The highest BCUT2D eigenvalue weighted by atomic mass is 32.1. The van der Waals surface area contributed by atoms with E-state index in [1.165, 1.54) is 18.4 Å². The second-order valence-corrected chi connectivity index (χ2v) is 8.88. The second kappa shape index (κ2) is 9.42. The molecule has 0 N–H and O–H groups in total. The molecular formula is C26H25N3O3S.